The van der Waals surface area contributed by atoms with Gasteiger partial charge in [0.15, 0.2) is 0 Å². The van der Waals surface area contributed by atoms with E-state index in [9.17, 15) is 14.7 Å². The minimum absolute atomic E-state index is 0. The molecule has 0 aromatic carbocycles. The van der Waals surface area contributed by atoms with Gasteiger partial charge < -0.3 is 15.3 Å². The first-order valence-electron chi connectivity index (χ1n) is 13.2. The fraction of sp³-hybridized carbons (Fsp3) is 0.630. The monoisotopic (exact) mass is 532 g/mol. The Bertz CT molecular complexity index is 1050. The summed E-state index contributed by atoms with van der Waals surface area (Å²) in [6.45, 7) is 11.6. The molecule has 204 valence electrons. The lowest BCUT2D eigenvalue weighted by molar-refractivity contribution is -0.165. The van der Waals surface area contributed by atoms with Crippen LogP contribution < -0.4 is 5.32 Å². The summed E-state index contributed by atoms with van der Waals surface area (Å²) in [7, 11) is 0. The third-order valence-electron chi connectivity index (χ3n) is 7.93. The quantitative estimate of drug-likeness (QED) is 0.481. The molecule has 0 aliphatic carbocycles. The van der Waals surface area contributed by atoms with Crippen LogP contribution in [0.15, 0.2) is 24.4 Å². The molecule has 4 heterocycles. The average Bonchev–Trinajstić information content (AvgIpc) is 3.20. The molecule has 10 heteroatoms. The molecule has 3 atom stereocenters. The van der Waals surface area contributed by atoms with Crippen molar-refractivity contribution in [2.24, 2.45) is 5.92 Å². The summed E-state index contributed by atoms with van der Waals surface area (Å²) in [5.74, 6) is -0.447. The first kappa shape index (κ1) is 29.1. The average molecular weight is 533 g/mol. The topological polar surface area (TPSA) is 114 Å². The van der Waals surface area contributed by atoms with Gasteiger partial charge >= 0.3 is 0 Å². The lowest BCUT2D eigenvalue weighted by atomic mass is 9.79. The molecule has 0 radical (unpaired) electrons. The van der Waals surface area contributed by atoms with Crippen LogP contribution >= 0.6 is 12.4 Å². The second kappa shape index (κ2) is 11.9. The van der Waals surface area contributed by atoms with Gasteiger partial charge in [-0.1, -0.05) is 33.3 Å². The zero-order chi connectivity index (χ0) is 26.0. The number of H-pyrrole nitrogens is 1. The van der Waals surface area contributed by atoms with E-state index in [2.05, 4.69) is 32.3 Å². The van der Waals surface area contributed by atoms with Gasteiger partial charge in [-0.05, 0) is 51.2 Å². The summed E-state index contributed by atoms with van der Waals surface area (Å²) in [4.78, 5) is 36.1. The molecule has 1 spiro atoms. The Morgan fingerprint density at radius 3 is 2.43 bits per heavy atom. The van der Waals surface area contributed by atoms with Crippen LogP contribution in [0.25, 0.3) is 0 Å². The largest absolute Gasteiger partial charge is 0.390 e. The van der Waals surface area contributed by atoms with E-state index in [1.54, 1.807) is 11.1 Å². The summed E-state index contributed by atoms with van der Waals surface area (Å²) >= 11 is 0. The van der Waals surface area contributed by atoms with Crippen LogP contribution in [0.1, 0.15) is 75.1 Å². The van der Waals surface area contributed by atoms with Gasteiger partial charge in [0.2, 0.25) is 11.8 Å². The standard InChI is InChI=1S/C27H40N6O3.ClH/c1-6-7-14-33-25(35)22(24(34)17(2)3)29-26(36)27(33)11-15-32(16-12-27)23(20-10-8-9-13-28-20)21-18(4)30-31-19(21)5;/h8-10,13,17,22-24,34H,6-7,11-12,14-16H2,1-5H3,(H,29,36)(H,30,31);1H/t22-,23?,24-;/m1./s1. The van der Waals surface area contributed by atoms with Gasteiger partial charge in [0, 0.05) is 37.1 Å². The molecule has 2 saturated heterocycles. The van der Waals surface area contributed by atoms with Crippen molar-refractivity contribution in [2.45, 2.75) is 84.0 Å². The van der Waals surface area contributed by atoms with Crippen molar-refractivity contribution in [3.8, 4) is 0 Å². The van der Waals surface area contributed by atoms with Crippen LogP contribution in [0.2, 0.25) is 0 Å². The summed E-state index contributed by atoms with van der Waals surface area (Å²) in [5.41, 5.74) is 3.09. The molecule has 3 N–H and O–H groups in total. The number of aromatic amines is 1. The molecule has 0 saturated carbocycles. The molecular weight excluding hydrogens is 492 g/mol. The summed E-state index contributed by atoms with van der Waals surface area (Å²) in [6, 6.07) is 4.95. The highest BCUT2D eigenvalue weighted by Gasteiger charge is 2.55. The van der Waals surface area contributed by atoms with E-state index in [4.69, 9.17) is 0 Å². The number of nitrogens with one attached hydrogen (secondary N) is 2. The third-order valence-corrected chi connectivity index (χ3v) is 7.93. The second-order valence-electron chi connectivity index (χ2n) is 10.6. The highest BCUT2D eigenvalue weighted by Crippen LogP contribution is 2.39. The SMILES string of the molecule is CCCCN1C(=O)[C@@H]([C@H](O)C(C)C)NC(=O)C12CCN(C(c1ccccn1)c1c(C)n[nH]c1C)CC2.Cl. The zero-order valence-corrected chi connectivity index (χ0v) is 23.3. The van der Waals surface area contributed by atoms with Gasteiger partial charge in [-0.3, -0.25) is 24.6 Å². The van der Waals surface area contributed by atoms with Crippen LogP contribution in [-0.4, -0.2) is 79.2 Å². The lowest BCUT2D eigenvalue weighted by Crippen LogP contribution is -2.75. The number of halogens is 1. The van der Waals surface area contributed by atoms with Crippen molar-refractivity contribution in [3.63, 3.8) is 0 Å². The molecule has 0 bridgehead atoms. The number of hydrogen-bond donors (Lipinski definition) is 3. The number of likely N-dealkylation sites (tertiary alicyclic amines) is 1. The number of unbranched alkanes of at least 4 members (excludes halogenated alkanes) is 1. The summed E-state index contributed by atoms with van der Waals surface area (Å²) < 4.78 is 0. The number of aliphatic hydroxyl groups excluding tert-OH is 1. The predicted octanol–water partition coefficient (Wildman–Crippen LogP) is 2.91. The molecule has 37 heavy (non-hydrogen) atoms. The molecule has 2 aromatic rings. The number of nitrogens with zero attached hydrogens (tertiary/aromatic N) is 4. The summed E-state index contributed by atoms with van der Waals surface area (Å²) in [6.07, 6.45) is 3.68. The third kappa shape index (κ3) is 5.40. The van der Waals surface area contributed by atoms with Gasteiger partial charge in [0.25, 0.3) is 0 Å². The molecule has 9 nitrogen and oxygen atoms in total. The van der Waals surface area contributed by atoms with E-state index in [0.717, 1.165) is 35.5 Å². The Balaban J connectivity index is 0.00000380. The first-order valence-corrected chi connectivity index (χ1v) is 13.2. The normalized spacial score (nSPS) is 21.6. The second-order valence-corrected chi connectivity index (χ2v) is 10.6. The van der Waals surface area contributed by atoms with Crippen molar-refractivity contribution in [2.75, 3.05) is 19.6 Å². The van der Waals surface area contributed by atoms with E-state index >= 15 is 0 Å². The molecule has 2 aliphatic heterocycles. The fourth-order valence-corrected chi connectivity index (χ4v) is 5.76. The number of aromatic nitrogens is 3. The summed E-state index contributed by atoms with van der Waals surface area (Å²) in [5, 5.41) is 21.1. The van der Waals surface area contributed by atoms with Gasteiger partial charge in [-0.25, -0.2) is 0 Å². The Hall–Kier alpha value is -2.49. The van der Waals surface area contributed by atoms with Crippen LogP contribution in [0.4, 0.5) is 0 Å². The van der Waals surface area contributed by atoms with E-state index in [1.165, 1.54) is 0 Å². The molecule has 2 aromatic heterocycles. The lowest BCUT2D eigenvalue weighted by Gasteiger charge is -2.53. The smallest absolute Gasteiger partial charge is 0.248 e. The Morgan fingerprint density at radius 1 is 1.19 bits per heavy atom. The van der Waals surface area contributed by atoms with Crippen molar-refractivity contribution in [1.29, 1.82) is 0 Å². The first-order chi connectivity index (χ1) is 17.2. The molecule has 1 unspecified atom stereocenters. The highest BCUT2D eigenvalue weighted by atomic mass is 35.5. The molecular formula is C27H41ClN6O3. The van der Waals surface area contributed by atoms with Crippen molar-refractivity contribution in [3.05, 3.63) is 47.0 Å². The van der Waals surface area contributed by atoms with Crippen LogP contribution in [0.5, 0.6) is 0 Å². The van der Waals surface area contributed by atoms with E-state index in [1.807, 2.05) is 45.9 Å². The molecule has 2 aliphatic rings. The van der Waals surface area contributed by atoms with E-state index < -0.39 is 17.7 Å². The minimum atomic E-state index is -0.913. The number of pyridine rings is 1. The molecule has 2 fully saturated rings. The Morgan fingerprint density at radius 2 is 1.89 bits per heavy atom. The number of carbonyl (C=O) groups is 2. The maximum atomic E-state index is 13.6. The van der Waals surface area contributed by atoms with Crippen LogP contribution in [-0.2, 0) is 9.59 Å². The number of piperidine rings is 1. The Kier molecular flexibility index (Phi) is 9.37. The van der Waals surface area contributed by atoms with Crippen molar-refractivity contribution >= 4 is 24.2 Å². The number of aryl methyl sites for hydroxylation is 2. The Labute approximate surface area is 225 Å². The van der Waals surface area contributed by atoms with Gasteiger partial charge in [-0.15, -0.1) is 12.4 Å². The number of piperazine rings is 1. The van der Waals surface area contributed by atoms with Gasteiger partial charge in [0.05, 0.1) is 23.5 Å². The van der Waals surface area contributed by atoms with Crippen LogP contribution in [0.3, 0.4) is 0 Å². The van der Waals surface area contributed by atoms with Gasteiger partial charge in [0.1, 0.15) is 11.6 Å². The number of hydrogen-bond acceptors (Lipinski definition) is 6. The van der Waals surface area contributed by atoms with Crippen molar-refractivity contribution in [1.82, 2.24) is 30.3 Å². The van der Waals surface area contributed by atoms with Crippen molar-refractivity contribution < 1.29 is 14.7 Å². The minimum Gasteiger partial charge on any atom is -0.390 e. The zero-order valence-electron chi connectivity index (χ0n) is 22.5. The van der Waals surface area contributed by atoms with Gasteiger partial charge in [-0.2, -0.15) is 5.10 Å². The number of carbonyl (C=O) groups excluding carboxylic acids is 2. The van der Waals surface area contributed by atoms with E-state index in [0.29, 0.717) is 32.5 Å². The number of aliphatic hydroxyl groups is 1. The maximum absolute atomic E-state index is 13.6. The number of rotatable bonds is 8. The maximum Gasteiger partial charge on any atom is 0.248 e. The number of amides is 2. The fourth-order valence-electron chi connectivity index (χ4n) is 5.76. The van der Waals surface area contributed by atoms with Crippen LogP contribution in [0, 0.1) is 19.8 Å². The molecule has 2 amide bonds. The molecule has 4 rings (SSSR count). The highest BCUT2D eigenvalue weighted by molar-refractivity contribution is 6.00. The predicted molar refractivity (Wildman–Crippen MR) is 144 cm³/mol. The van der Waals surface area contributed by atoms with E-state index in [-0.39, 0.29) is 36.2 Å².